The standard InChI is InChI=1S/C15H16N2O5/c1-8(16-9(2)18)12-13(17-22-14(12)15(19)20)10-4-6-11(21-3)7-5-10/h4-8H,1-3H3,(H,16,18)(H,19,20)/t8-/m1/s1. The Balaban J connectivity index is 2.50. The third kappa shape index (κ3) is 3.08. The number of hydrogen-bond donors (Lipinski definition) is 2. The second-order valence-corrected chi connectivity index (χ2v) is 4.73. The van der Waals surface area contributed by atoms with Gasteiger partial charge < -0.3 is 19.7 Å². The molecule has 0 fully saturated rings. The van der Waals surface area contributed by atoms with Gasteiger partial charge in [0.15, 0.2) is 0 Å². The van der Waals surface area contributed by atoms with Gasteiger partial charge in [0.1, 0.15) is 11.4 Å². The monoisotopic (exact) mass is 304 g/mol. The van der Waals surface area contributed by atoms with Crippen LogP contribution in [0.4, 0.5) is 0 Å². The Morgan fingerprint density at radius 2 is 1.95 bits per heavy atom. The first kappa shape index (κ1) is 15.6. The molecule has 1 aromatic heterocycles. The van der Waals surface area contributed by atoms with Crippen LogP contribution in [0.25, 0.3) is 11.3 Å². The molecule has 0 bridgehead atoms. The highest BCUT2D eigenvalue weighted by Crippen LogP contribution is 2.31. The lowest BCUT2D eigenvalue weighted by molar-refractivity contribution is -0.119. The van der Waals surface area contributed by atoms with Crippen LogP contribution in [0, 0.1) is 0 Å². The molecule has 2 N–H and O–H groups in total. The van der Waals surface area contributed by atoms with Gasteiger partial charge >= 0.3 is 5.97 Å². The van der Waals surface area contributed by atoms with Gasteiger partial charge in [-0.2, -0.15) is 0 Å². The summed E-state index contributed by atoms with van der Waals surface area (Å²) in [5, 5.41) is 15.7. The number of rotatable bonds is 5. The van der Waals surface area contributed by atoms with Crippen molar-refractivity contribution < 1.29 is 24.0 Å². The quantitative estimate of drug-likeness (QED) is 0.878. The minimum Gasteiger partial charge on any atom is -0.497 e. The number of ether oxygens (including phenoxy) is 1. The van der Waals surface area contributed by atoms with Crippen molar-refractivity contribution in [3.05, 3.63) is 35.6 Å². The molecule has 0 radical (unpaired) electrons. The molecule has 0 aliphatic rings. The SMILES string of the molecule is COc1ccc(-c2noc(C(=O)O)c2[C@@H](C)NC(C)=O)cc1. The average molecular weight is 304 g/mol. The van der Waals surface area contributed by atoms with Crippen LogP contribution in [0.15, 0.2) is 28.8 Å². The lowest BCUT2D eigenvalue weighted by atomic mass is 10.0. The minimum absolute atomic E-state index is 0.272. The zero-order valence-corrected chi connectivity index (χ0v) is 12.4. The topological polar surface area (TPSA) is 102 Å². The lowest BCUT2D eigenvalue weighted by Gasteiger charge is -2.13. The predicted octanol–water partition coefficient (Wildman–Crippen LogP) is 2.25. The van der Waals surface area contributed by atoms with Crippen molar-refractivity contribution in [3.63, 3.8) is 0 Å². The highest BCUT2D eigenvalue weighted by Gasteiger charge is 2.27. The van der Waals surface area contributed by atoms with Crippen molar-refractivity contribution in [3.8, 4) is 17.0 Å². The number of benzene rings is 1. The molecule has 1 aromatic carbocycles. The van der Waals surface area contributed by atoms with E-state index < -0.39 is 12.0 Å². The van der Waals surface area contributed by atoms with Crippen LogP contribution in [0.1, 0.15) is 36.0 Å². The zero-order chi connectivity index (χ0) is 16.3. The zero-order valence-electron chi connectivity index (χ0n) is 12.4. The first-order chi connectivity index (χ1) is 10.4. The van der Waals surface area contributed by atoms with E-state index in [-0.39, 0.29) is 11.7 Å². The van der Waals surface area contributed by atoms with E-state index in [2.05, 4.69) is 10.5 Å². The molecular formula is C15H16N2O5. The molecule has 0 spiro atoms. The largest absolute Gasteiger partial charge is 0.497 e. The Hall–Kier alpha value is -2.83. The molecule has 2 rings (SSSR count). The summed E-state index contributed by atoms with van der Waals surface area (Å²) in [6.07, 6.45) is 0. The van der Waals surface area contributed by atoms with E-state index in [1.54, 1.807) is 38.3 Å². The summed E-state index contributed by atoms with van der Waals surface area (Å²) in [6.45, 7) is 3.03. The molecule has 1 amide bonds. The number of carboxylic acids is 1. The first-order valence-corrected chi connectivity index (χ1v) is 6.58. The fourth-order valence-corrected chi connectivity index (χ4v) is 2.19. The van der Waals surface area contributed by atoms with Gasteiger partial charge in [0.25, 0.3) is 0 Å². The summed E-state index contributed by atoms with van der Waals surface area (Å²) in [5.74, 6) is -1.13. The van der Waals surface area contributed by atoms with E-state index in [4.69, 9.17) is 9.26 Å². The van der Waals surface area contributed by atoms with E-state index in [0.717, 1.165) is 0 Å². The first-order valence-electron chi connectivity index (χ1n) is 6.58. The number of carbonyl (C=O) groups is 2. The number of nitrogens with one attached hydrogen (secondary N) is 1. The molecule has 0 saturated carbocycles. The van der Waals surface area contributed by atoms with E-state index in [0.29, 0.717) is 22.6 Å². The van der Waals surface area contributed by atoms with Crippen molar-refractivity contribution >= 4 is 11.9 Å². The molecule has 0 unspecified atom stereocenters. The highest BCUT2D eigenvalue weighted by atomic mass is 16.5. The number of aromatic carboxylic acids is 1. The number of nitrogens with zero attached hydrogens (tertiary/aromatic N) is 1. The van der Waals surface area contributed by atoms with Gasteiger partial charge in [-0.3, -0.25) is 4.79 Å². The van der Waals surface area contributed by atoms with Gasteiger partial charge in [0, 0.05) is 12.5 Å². The maximum absolute atomic E-state index is 11.3. The predicted molar refractivity (Wildman–Crippen MR) is 77.7 cm³/mol. The van der Waals surface area contributed by atoms with E-state index in [9.17, 15) is 14.7 Å². The summed E-state index contributed by atoms with van der Waals surface area (Å²) in [6, 6.07) is 6.40. The Kier molecular flexibility index (Phi) is 4.45. The molecule has 0 saturated heterocycles. The van der Waals surface area contributed by atoms with Crippen LogP contribution in [-0.2, 0) is 4.79 Å². The lowest BCUT2D eigenvalue weighted by Crippen LogP contribution is -2.25. The Morgan fingerprint density at radius 3 is 2.45 bits per heavy atom. The van der Waals surface area contributed by atoms with Gasteiger partial charge in [-0.25, -0.2) is 4.79 Å². The molecule has 2 aromatic rings. The van der Waals surface area contributed by atoms with Crippen molar-refractivity contribution in [1.82, 2.24) is 10.5 Å². The molecule has 22 heavy (non-hydrogen) atoms. The molecule has 0 aliphatic carbocycles. The smallest absolute Gasteiger partial charge is 0.375 e. The van der Waals surface area contributed by atoms with Gasteiger partial charge in [-0.05, 0) is 31.2 Å². The number of amides is 1. The molecule has 116 valence electrons. The van der Waals surface area contributed by atoms with Crippen molar-refractivity contribution in [2.45, 2.75) is 19.9 Å². The third-order valence-corrected chi connectivity index (χ3v) is 3.14. The van der Waals surface area contributed by atoms with Crippen molar-refractivity contribution in [1.29, 1.82) is 0 Å². The molecule has 1 atom stereocenters. The van der Waals surface area contributed by atoms with Crippen LogP contribution in [-0.4, -0.2) is 29.2 Å². The number of aromatic nitrogens is 1. The number of hydrogen-bond acceptors (Lipinski definition) is 5. The number of carbonyl (C=O) groups excluding carboxylic acids is 1. The number of carboxylic acid groups (broad SMARTS) is 1. The summed E-state index contributed by atoms with van der Waals surface area (Å²) in [5.41, 5.74) is 1.37. The molecule has 1 heterocycles. The minimum atomic E-state index is -1.24. The van der Waals surface area contributed by atoms with E-state index in [1.807, 2.05) is 0 Å². The highest BCUT2D eigenvalue weighted by molar-refractivity contribution is 5.89. The summed E-state index contributed by atoms with van der Waals surface area (Å²) in [4.78, 5) is 22.5. The second-order valence-electron chi connectivity index (χ2n) is 4.73. The van der Waals surface area contributed by atoms with Gasteiger partial charge in [0.05, 0.1) is 18.7 Å². The normalized spacial score (nSPS) is 11.8. The summed E-state index contributed by atoms with van der Waals surface area (Å²) in [7, 11) is 1.55. The van der Waals surface area contributed by atoms with Crippen LogP contribution in [0.5, 0.6) is 5.75 Å². The number of methoxy groups -OCH3 is 1. The average Bonchev–Trinajstić information content (AvgIpc) is 2.91. The molecular weight excluding hydrogens is 288 g/mol. The van der Waals surface area contributed by atoms with Crippen LogP contribution >= 0.6 is 0 Å². The Morgan fingerprint density at radius 1 is 1.32 bits per heavy atom. The maximum Gasteiger partial charge on any atom is 0.375 e. The fourth-order valence-electron chi connectivity index (χ4n) is 2.19. The molecule has 0 aliphatic heterocycles. The summed E-state index contributed by atoms with van der Waals surface area (Å²) < 4.78 is 10.0. The third-order valence-electron chi connectivity index (χ3n) is 3.14. The summed E-state index contributed by atoms with van der Waals surface area (Å²) >= 11 is 0. The Bertz CT molecular complexity index is 690. The fraction of sp³-hybridized carbons (Fsp3) is 0.267. The van der Waals surface area contributed by atoms with Gasteiger partial charge in [-0.15, -0.1) is 0 Å². The Labute approximate surface area is 126 Å². The van der Waals surface area contributed by atoms with Crippen molar-refractivity contribution in [2.24, 2.45) is 0 Å². The van der Waals surface area contributed by atoms with Gasteiger partial charge in [-0.1, -0.05) is 5.16 Å². The maximum atomic E-state index is 11.3. The van der Waals surface area contributed by atoms with E-state index in [1.165, 1.54) is 6.92 Å². The van der Waals surface area contributed by atoms with Gasteiger partial charge in [0.2, 0.25) is 11.7 Å². The molecule has 7 heteroatoms. The van der Waals surface area contributed by atoms with E-state index >= 15 is 0 Å². The second kappa shape index (κ2) is 6.30. The van der Waals surface area contributed by atoms with Crippen LogP contribution < -0.4 is 10.1 Å². The molecule has 7 nitrogen and oxygen atoms in total. The van der Waals surface area contributed by atoms with Crippen molar-refractivity contribution in [2.75, 3.05) is 7.11 Å². The van der Waals surface area contributed by atoms with Crippen LogP contribution in [0.3, 0.4) is 0 Å². The van der Waals surface area contributed by atoms with Crippen LogP contribution in [0.2, 0.25) is 0 Å².